The van der Waals surface area contributed by atoms with Crippen LogP contribution in [0.25, 0.3) is 0 Å². The van der Waals surface area contributed by atoms with Crippen molar-refractivity contribution in [1.29, 1.82) is 0 Å². The quantitative estimate of drug-likeness (QED) is 0.702. The molecule has 2 aromatic carbocycles. The van der Waals surface area contributed by atoms with Crippen molar-refractivity contribution >= 4 is 23.6 Å². The maximum Gasteiger partial charge on any atom is 0.255 e. The van der Waals surface area contributed by atoms with Crippen LogP contribution in [0.4, 0.5) is 4.39 Å². The summed E-state index contributed by atoms with van der Waals surface area (Å²) in [6.45, 7) is 2.71. The molecule has 1 saturated heterocycles. The number of nitrogens with one attached hydrogen (secondary N) is 1. The highest BCUT2D eigenvalue weighted by atomic mass is 32.2. The Kier molecular flexibility index (Phi) is 7.09. The number of benzene rings is 2. The second kappa shape index (κ2) is 9.73. The highest BCUT2D eigenvalue weighted by Gasteiger charge is 2.42. The summed E-state index contributed by atoms with van der Waals surface area (Å²) in [6.07, 6.45) is 3.05. The lowest BCUT2D eigenvalue weighted by atomic mass is 10.1. The first-order chi connectivity index (χ1) is 13.6. The first-order valence-corrected chi connectivity index (χ1v) is 10.7. The van der Waals surface area contributed by atoms with E-state index in [1.165, 1.54) is 23.9 Å². The molecule has 2 unspecified atom stereocenters. The first-order valence-electron chi connectivity index (χ1n) is 9.64. The average molecular weight is 401 g/mol. The molecule has 0 spiro atoms. The van der Waals surface area contributed by atoms with E-state index in [4.69, 9.17) is 0 Å². The van der Waals surface area contributed by atoms with Crippen molar-refractivity contribution < 1.29 is 14.0 Å². The van der Waals surface area contributed by atoms with E-state index < -0.39 is 11.4 Å². The van der Waals surface area contributed by atoms with Crippen molar-refractivity contribution in [2.24, 2.45) is 0 Å². The molecule has 28 heavy (non-hydrogen) atoms. The minimum Gasteiger partial charge on any atom is -0.354 e. The van der Waals surface area contributed by atoms with Crippen LogP contribution in [0.1, 0.15) is 47.5 Å². The van der Waals surface area contributed by atoms with Gasteiger partial charge < -0.3 is 10.2 Å². The highest BCUT2D eigenvalue weighted by Crippen LogP contribution is 2.42. The minimum atomic E-state index is -0.576. The molecule has 1 heterocycles. The fourth-order valence-corrected chi connectivity index (χ4v) is 4.73. The molecule has 2 atom stereocenters. The average Bonchev–Trinajstić information content (AvgIpc) is 3.16. The molecule has 6 heteroatoms. The molecular weight excluding hydrogens is 375 g/mol. The number of hydrogen-bond donors (Lipinski definition) is 1. The number of unbranched alkanes of at least 4 members (excludes halogenated alkanes) is 2. The maximum absolute atomic E-state index is 13.8. The number of nitrogens with zero attached hydrogens (tertiary/aromatic N) is 1. The van der Waals surface area contributed by atoms with Gasteiger partial charge in [-0.1, -0.05) is 50.1 Å². The molecule has 4 nitrogen and oxygen atoms in total. The van der Waals surface area contributed by atoms with Crippen LogP contribution >= 0.6 is 11.8 Å². The van der Waals surface area contributed by atoms with E-state index in [0.29, 0.717) is 23.4 Å². The number of amides is 2. The van der Waals surface area contributed by atoms with E-state index >= 15 is 0 Å². The van der Waals surface area contributed by atoms with Gasteiger partial charge in [-0.15, -0.1) is 11.8 Å². The number of halogens is 1. The van der Waals surface area contributed by atoms with E-state index in [1.54, 1.807) is 41.3 Å². The zero-order valence-corrected chi connectivity index (χ0v) is 16.8. The standard InChI is InChI=1S/C22H25FN2O2S/c1-2-3-7-13-24-20(26)19-15-28-22(17-11-8-12-18(23)14-17)25(19)21(27)16-9-5-4-6-10-16/h4-6,8-12,14,19,22H,2-3,7,13,15H2,1H3,(H,24,26). The van der Waals surface area contributed by atoms with Gasteiger partial charge in [-0.3, -0.25) is 9.59 Å². The summed E-state index contributed by atoms with van der Waals surface area (Å²) < 4.78 is 13.8. The predicted molar refractivity (Wildman–Crippen MR) is 111 cm³/mol. The molecule has 0 aliphatic carbocycles. The van der Waals surface area contributed by atoms with Gasteiger partial charge in [0, 0.05) is 17.9 Å². The Labute approximate surface area is 169 Å². The first kappa shape index (κ1) is 20.4. The van der Waals surface area contributed by atoms with Crippen molar-refractivity contribution in [3.8, 4) is 0 Å². The van der Waals surface area contributed by atoms with Gasteiger partial charge in [0.25, 0.3) is 5.91 Å². The SMILES string of the molecule is CCCCCNC(=O)C1CSC(c2cccc(F)c2)N1C(=O)c1ccccc1. The normalized spacial score (nSPS) is 18.9. The summed E-state index contributed by atoms with van der Waals surface area (Å²) in [5.41, 5.74) is 1.21. The number of thioether (sulfide) groups is 1. The van der Waals surface area contributed by atoms with Gasteiger partial charge in [0.05, 0.1) is 0 Å². The summed E-state index contributed by atoms with van der Waals surface area (Å²) in [7, 11) is 0. The van der Waals surface area contributed by atoms with Gasteiger partial charge >= 0.3 is 0 Å². The molecule has 1 fully saturated rings. The van der Waals surface area contributed by atoms with Crippen molar-refractivity contribution in [3.05, 3.63) is 71.5 Å². The van der Waals surface area contributed by atoms with Crippen molar-refractivity contribution in [3.63, 3.8) is 0 Å². The molecule has 148 valence electrons. The van der Waals surface area contributed by atoms with E-state index in [1.807, 2.05) is 6.07 Å². The topological polar surface area (TPSA) is 49.4 Å². The predicted octanol–water partition coefficient (Wildman–Crippen LogP) is 4.39. The van der Waals surface area contributed by atoms with E-state index in [0.717, 1.165) is 19.3 Å². The molecule has 0 radical (unpaired) electrons. The Morgan fingerprint density at radius 1 is 1.14 bits per heavy atom. The number of rotatable bonds is 7. The van der Waals surface area contributed by atoms with Crippen molar-refractivity contribution in [2.75, 3.05) is 12.3 Å². The van der Waals surface area contributed by atoms with Crippen LogP contribution in [-0.4, -0.2) is 35.1 Å². The lowest BCUT2D eigenvalue weighted by molar-refractivity contribution is -0.124. The Morgan fingerprint density at radius 2 is 1.93 bits per heavy atom. The molecule has 1 N–H and O–H groups in total. The van der Waals surface area contributed by atoms with Crippen LogP contribution in [0, 0.1) is 5.82 Å². The van der Waals surface area contributed by atoms with E-state index in [-0.39, 0.29) is 17.6 Å². The van der Waals surface area contributed by atoms with Gasteiger partial charge in [0.1, 0.15) is 17.2 Å². The summed E-state index contributed by atoms with van der Waals surface area (Å²) in [6, 6.07) is 14.6. The number of carbonyl (C=O) groups is 2. The Bertz CT molecular complexity index is 815. The lowest BCUT2D eigenvalue weighted by Gasteiger charge is -2.29. The van der Waals surface area contributed by atoms with Gasteiger partial charge in [-0.25, -0.2) is 4.39 Å². The van der Waals surface area contributed by atoms with Crippen LogP contribution < -0.4 is 5.32 Å². The summed E-state index contributed by atoms with van der Waals surface area (Å²) in [4.78, 5) is 27.7. The molecule has 1 aliphatic rings. The van der Waals surface area contributed by atoms with Gasteiger partial charge in [0.15, 0.2) is 0 Å². The highest BCUT2D eigenvalue weighted by molar-refractivity contribution is 7.99. The van der Waals surface area contributed by atoms with Crippen LogP contribution in [0.5, 0.6) is 0 Å². The largest absolute Gasteiger partial charge is 0.354 e. The smallest absolute Gasteiger partial charge is 0.255 e. The zero-order chi connectivity index (χ0) is 19.9. The fourth-order valence-electron chi connectivity index (χ4n) is 3.31. The second-order valence-electron chi connectivity index (χ2n) is 6.83. The van der Waals surface area contributed by atoms with Gasteiger partial charge in [-0.2, -0.15) is 0 Å². The van der Waals surface area contributed by atoms with Gasteiger partial charge in [-0.05, 0) is 36.2 Å². The van der Waals surface area contributed by atoms with Crippen LogP contribution in [-0.2, 0) is 4.79 Å². The summed E-state index contributed by atoms with van der Waals surface area (Å²) in [5, 5.41) is 2.57. The summed E-state index contributed by atoms with van der Waals surface area (Å²) in [5.74, 6) is -0.225. The third kappa shape index (κ3) is 4.73. The molecule has 0 aromatic heterocycles. The monoisotopic (exact) mass is 400 g/mol. The van der Waals surface area contributed by atoms with Crippen LogP contribution in [0.2, 0.25) is 0 Å². The number of hydrogen-bond acceptors (Lipinski definition) is 3. The van der Waals surface area contributed by atoms with Crippen molar-refractivity contribution in [1.82, 2.24) is 10.2 Å². The van der Waals surface area contributed by atoms with E-state index in [9.17, 15) is 14.0 Å². The van der Waals surface area contributed by atoms with Crippen LogP contribution in [0.15, 0.2) is 54.6 Å². The zero-order valence-electron chi connectivity index (χ0n) is 15.9. The molecule has 0 saturated carbocycles. The Hall–Kier alpha value is -2.34. The fraction of sp³-hybridized carbons (Fsp3) is 0.364. The van der Waals surface area contributed by atoms with Crippen LogP contribution in [0.3, 0.4) is 0 Å². The third-order valence-corrected chi connectivity index (χ3v) is 6.09. The lowest BCUT2D eigenvalue weighted by Crippen LogP contribution is -2.48. The molecular formula is C22H25FN2O2S. The van der Waals surface area contributed by atoms with E-state index in [2.05, 4.69) is 12.2 Å². The summed E-state index contributed by atoms with van der Waals surface area (Å²) >= 11 is 1.49. The second-order valence-corrected chi connectivity index (χ2v) is 7.95. The molecule has 0 bridgehead atoms. The molecule has 3 rings (SSSR count). The van der Waals surface area contributed by atoms with Gasteiger partial charge in [0.2, 0.25) is 5.91 Å². The molecule has 2 aromatic rings. The number of carbonyl (C=O) groups excluding carboxylic acids is 2. The third-order valence-electron chi connectivity index (χ3n) is 4.77. The maximum atomic E-state index is 13.8. The Morgan fingerprint density at radius 3 is 2.64 bits per heavy atom. The van der Waals surface area contributed by atoms with Crippen molar-refractivity contribution in [2.45, 2.75) is 37.6 Å². The Balaban J connectivity index is 1.85. The molecule has 2 amide bonds. The minimum absolute atomic E-state index is 0.146. The molecule has 1 aliphatic heterocycles.